The van der Waals surface area contributed by atoms with Gasteiger partial charge in [-0.3, -0.25) is 9.59 Å². The molecule has 1 aromatic carbocycles. The maximum Gasteiger partial charge on any atom is 0.253 e. The number of carbonyl (C=O) groups excluding carboxylic acids is 2. The normalized spacial score (nSPS) is 27.6. The number of rotatable bonds is 2. The van der Waals surface area contributed by atoms with Gasteiger partial charge in [-0.05, 0) is 43.7 Å². The van der Waals surface area contributed by atoms with Gasteiger partial charge < -0.3 is 15.5 Å². The van der Waals surface area contributed by atoms with E-state index in [4.69, 9.17) is 5.73 Å². The third kappa shape index (κ3) is 4.46. The lowest BCUT2D eigenvalue weighted by molar-refractivity contribution is -0.147. The molecule has 6 heteroatoms. The fraction of sp³-hybridized carbons (Fsp3) is 0.619. The summed E-state index contributed by atoms with van der Waals surface area (Å²) in [5.74, 6) is 0.188. The Balaban J connectivity index is 0.00000261. The van der Waals surface area contributed by atoms with Gasteiger partial charge in [-0.1, -0.05) is 32.0 Å². The summed E-state index contributed by atoms with van der Waals surface area (Å²) in [6, 6.07) is 9.46. The number of amides is 2. The summed E-state index contributed by atoms with van der Waals surface area (Å²) in [6.07, 6.45) is 2.52. The maximum absolute atomic E-state index is 13.3. The van der Waals surface area contributed by atoms with Crippen LogP contribution in [0.5, 0.6) is 0 Å². The number of hydrogen-bond acceptors (Lipinski definition) is 3. The lowest BCUT2D eigenvalue weighted by Gasteiger charge is -2.47. The number of carbonyl (C=O) groups is 2. The van der Waals surface area contributed by atoms with Crippen LogP contribution in [0.2, 0.25) is 0 Å². The van der Waals surface area contributed by atoms with Gasteiger partial charge in [0.2, 0.25) is 5.91 Å². The highest BCUT2D eigenvalue weighted by Crippen LogP contribution is 2.36. The van der Waals surface area contributed by atoms with Crippen LogP contribution in [0.3, 0.4) is 0 Å². The Morgan fingerprint density at radius 2 is 1.70 bits per heavy atom. The molecule has 2 atom stereocenters. The van der Waals surface area contributed by atoms with Crippen molar-refractivity contribution in [2.75, 3.05) is 26.2 Å². The number of halogens is 1. The van der Waals surface area contributed by atoms with Gasteiger partial charge in [0, 0.05) is 37.8 Å². The van der Waals surface area contributed by atoms with Crippen molar-refractivity contribution in [1.82, 2.24) is 9.80 Å². The Bertz CT molecular complexity index is 679. The lowest BCUT2D eigenvalue weighted by atomic mass is 9.76. The minimum atomic E-state index is -0.514. The fourth-order valence-electron chi connectivity index (χ4n) is 4.28. The highest BCUT2D eigenvalue weighted by Gasteiger charge is 2.44. The van der Waals surface area contributed by atoms with Crippen LogP contribution in [0.4, 0.5) is 0 Å². The third-order valence-corrected chi connectivity index (χ3v) is 6.12. The van der Waals surface area contributed by atoms with Crippen molar-refractivity contribution in [2.45, 2.75) is 46.1 Å². The maximum atomic E-state index is 13.3. The van der Waals surface area contributed by atoms with Crippen molar-refractivity contribution in [1.29, 1.82) is 0 Å². The predicted octanol–water partition coefficient (Wildman–Crippen LogP) is 2.94. The van der Waals surface area contributed by atoms with E-state index in [1.807, 2.05) is 47.1 Å². The smallest absolute Gasteiger partial charge is 0.253 e. The molecule has 2 fully saturated rings. The van der Waals surface area contributed by atoms with Crippen molar-refractivity contribution >= 4 is 24.2 Å². The third-order valence-electron chi connectivity index (χ3n) is 6.12. The summed E-state index contributed by atoms with van der Waals surface area (Å²) in [6.45, 7) is 8.88. The number of benzene rings is 1. The Labute approximate surface area is 168 Å². The van der Waals surface area contributed by atoms with E-state index in [1.165, 1.54) is 0 Å². The van der Waals surface area contributed by atoms with Gasteiger partial charge in [0.1, 0.15) is 0 Å². The van der Waals surface area contributed by atoms with Gasteiger partial charge in [0.15, 0.2) is 0 Å². The van der Waals surface area contributed by atoms with E-state index in [-0.39, 0.29) is 35.7 Å². The molecule has 5 nitrogen and oxygen atoms in total. The number of piperidine rings is 2. The largest absolute Gasteiger partial charge is 0.342 e. The summed E-state index contributed by atoms with van der Waals surface area (Å²) in [4.78, 5) is 30.0. The van der Waals surface area contributed by atoms with E-state index in [0.29, 0.717) is 31.7 Å². The molecule has 150 valence electrons. The lowest BCUT2D eigenvalue weighted by Crippen LogP contribution is -2.59. The van der Waals surface area contributed by atoms with Crippen molar-refractivity contribution in [3.63, 3.8) is 0 Å². The quantitative estimate of drug-likeness (QED) is 0.839. The molecule has 3 rings (SSSR count). The molecule has 2 N–H and O–H groups in total. The first-order chi connectivity index (χ1) is 12.2. The van der Waals surface area contributed by atoms with Gasteiger partial charge in [-0.2, -0.15) is 0 Å². The van der Waals surface area contributed by atoms with Crippen LogP contribution in [0.1, 0.15) is 50.4 Å². The molecule has 0 radical (unpaired) electrons. The molecule has 0 saturated carbocycles. The van der Waals surface area contributed by atoms with Crippen LogP contribution in [0.25, 0.3) is 0 Å². The number of nitrogens with zero attached hydrogens (tertiary/aromatic N) is 2. The van der Waals surface area contributed by atoms with Gasteiger partial charge >= 0.3 is 0 Å². The van der Waals surface area contributed by atoms with Crippen molar-refractivity contribution in [3.8, 4) is 0 Å². The molecule has 2 aliphatic heterocycles. The van der Waals surface area contributed by atoms with Crippen LogP contribution < -0.4 is 5.73 Å². The second-order valence-corrected chi connectivity index (χ2v) is 8.87. The van der Waals surface area contributed by atoms with Crippen molar-refractivity contribution in [3.05, 3.63) is 35.9 Å². The van der Waals surface area contributed by atoms with Crippen molar-refractivity contribution in [2.24, 2.45) is 16.6 Å². The zero-order chi connectivity index (χ0) is 18.9. The first-order valence-electron chi connectivity index (χ1n) is 9.62. The highest BCUT2D eigenvalue weighted by atomic mass is 35.5. The molecule has 0 aromatic heterocycles. The van der Waals surface area contributed by atoms with E-state index in [2.05, 4.69) is 13.8 Å². The zero-order valence-electron chi connectivity index (χ0n) is 16.6. The van der Waals surface area contributed by atoms with Gasteiger partial charge in [0.05, 0.1) is 5.41 Å². The Morgan fingerprint density at radius 1 is 1.04 bits per heavy atom. The summed E-state index contributed by atoms with van der Waals surface area (Å²) in [5, 5.41) is 0. The number of hydrogen-bond donors (Lipinski definition) is 1. The molecular weight excluding hydrogens is 362 g/mol. The van der Waals surface area contributed by atoms with Crippen LogP contribution in [0, 0.1) is 10.8 Å². The molecule has 2 amide bonds. The summed E-state index contributed by atoms with van der Waals surface area (Å²) >= 11 is 0. The molecule has 2 saturated heterocycles. The van der Waals surface area contributed by atoms with Crippen LogP contribution in [-0.2, 0) is 4.79 Å². The molecule has 1 aromatic rings. The fourth-order valence-corrected chi connectivity index (χ4v) is 4.28. The SMILES string of the molecule is CC1(C(=O)N2CCC(N)C(C)(C)C2)CCCN(C(=O)c2ccccc2)C1.Cl. The average Bonchev–Trinajstić information content (AvgIpc) is 2.63. The molecular formula is C21H32ClN3O2. The Morgan fingerprint density at radius 3 is 2.33 bits per heavy atom. The number of likely N-dealkylation sites (tertiary alicyclic amines) is 2. The van der Waals surface area contributed by atoms with Crippen LogP contribution in [0.15, 0.2) is 30.3 Å². The molecule has 2 heterocycles. The highest BCUT2D eigenvalue weighted by molar-refractivity contribution is 5.95. The average molecular weight is 394 g/mol. The monoisotopic (exact) mass is 393 g/mol. The molecule has 0 aliphatic carbocycles. The standard InChI is InChI=1S/C21H31N3O2.ClH/c1-20(2)14-24(13-10-17(20)22)19(26)21(3)11-7-12-23(15-21)18(25)16-8-5-4-6-9-16;/h4-6,8-9,17H,7,10-15,22H2,1-3H3;1H. The molecule has 27 heavy (non-hydrogen) atoms. The number of nitrogens with two attached hydrogens (primary N) is 1. The second kappa shape index (κ2) is 8.19. The predicted molar refractivity (Wildman–Crippen MR) is 110 cm³/mol. The summed E-state index contributed by atoms with van der Waals surface area (Å²) < 4.78 is 0. The second-order valence-electron chi connectivity index (χ2n) is 8.87. The summed E-state index contributed by atoms with van der Waals surface area (Å²) in [7, 11) is 0. The first kappa shape index (κ1) is 21.7. The Hall–Kier alpha value is -1.59. The van der Waals surface area contributed by atoms with E-state index < -0.39 is 5.41 Å². The van der Waals surface area contributed by atoms with E-state index in [0.717, 1.165) is 19.3 Å². The van der Waals surface area contributed by atoms with E-state index >= 15 is 0 Å². The first-order valence-corrected chi connectivity index (χ1v) is 9.62. The van der Waals surface area contributed by atoms with Crippen LogP contribution >= 0.6 is 12.4 Å². The van der Waals surface area contributed by atoms with E-state index in [1.54, 1.807) is 0 Å². The Kier molecular flexibility index (Phi) is 6.59. The van der Waals surface area contributed by atoms with Gasteiger partial charge in [-0.25, -0.2) is 0 Å². The van der Waals surface area contributed by atoms with E-state index in [9.17, 15) is 9.59 Å². The molecule has 0 spiro atoms. The molecule has 2 aliphatic rings. The minimum Gasteiger partial charge on any atom is -0.342 e. The van der Waals surface area contributed by atoms with Gasteiger partial charge in [-0.15, -0.1) is 12.4 Å². The van der Waals surface area contributed by atoms with Crippen molar-refractivity contribution < 1.29 is 9.59 Å². The minimum absolute atomic E-state index is 0. The molecule has 2 unspecified atom stereocenters. The zero-order valence-corrected chi connectivity index (χ0v) is 17.4. The van der Waals surface area contributed by atoms with Crippen LogP contribution in [-0.4, -0.2) is 53.8 Å². The molecule has 0 bridgehead atoms. The summed E-state index contributed by atoms with van der Waals surface area (Å²) in [5.41, 5.74) is 6.33. The van der Waals surface area contributed by atoms with Gasteiger partial charge in [0.25, 0.3) is 5.91 Å². The topological polar surface area (TPSA) is 66.6 Å².